The quantitative estimate of drug-likeness (QED) is 0.467. The molecule has 0 amide bonds. The predicted octanol–water partition coefficient (Wildman–Crippen LogP) is 5.05. The third-order valence-corrected chi connectivity index (χ3v) is 5.66. The smallest absolute Gasteiger partial charge is 0 e. The van der Waals surface area contributed by atoms with Crippen LogP contribution < -0.4 is 0 Å². The maximum Gasteiger partial charge on any atom is 0 e. The van der Waals surface area contributed by atoms with Gasteiger partial charge in [0, 0.05) is 17.1 Å². The molecule has 0 aromatic heterocycles. The van der Waals surface area contributed by atoms with Gasteiger partial charge < -0.3 is 0 Å². The van der Waals surface area contributed by atoms with Crippen molar-refractivity contribution in [1.82, 2.24) is 0 Å². The van der Waals surface area contributed by atoms with Crippen LogP contribution in [0.1, 0.15) is 65.5 Å². The van der Waals surface area contributed by atoms with E-state index in [1.807, 2.05) is 0 Å². The van der Waals surface area contributed by atoms with Gasteiger partial charge in [-0.3, -0.25) is 0 Å². The van der Waals surface area contributed by atoms with E-state index in [0.717, 1.165) is 0 Å². The maximum absolute atomic E-state index is 2.44. The van der Waals surface area contributed by atoms with Gasteiger partial charge in [0.1, 0.15) is 0 Å². The Hall–Kier alpha value is -0.781. The first kappa shape index (κ1) is 16.1. The van der Waals surface area contributed by atoms with Gasteiger partial charge in [-0.05, 0) is 0 Å². The Bertz CT molecular complexity index is 513. The molecular weight excluding hydrogens is 308 g/mol. The topological polar surface area (TPSA) is 0 Å². The summed E-state index contributed by atoms with van der Waals surface area (Å²) in [7, 11) is 0. The molecule has 22 heavy (non-hydrogen) atoms. The molecule has 0 heterocycles. The van der Waals surface area contributed by atoms with E-state index in [2.05, 4.69) is 24.3 Å². The van der Waals surface area contributed by atoms with Gasteiger partial charge in [0.05, 0.1) is 0 Å². The fourth-order valence-electron chi connectivity index (χ4n) is 4.50. The van der Waals surface area contributed by atoms with Crippen LogP contribution in [-0.4, -0.2) is 0 Å². The van der Waals surface area contributed by atoms with Crippen LogP contribution >= 0.6 is 0 Å². The molecule has 0 saturated carbocycles. The monoisotopic (exact) mass is 334 g/mol. The zero-order chi connectivity index (χ0) is 14.1. The molecule has 4 rings (SSSR count). The first-order chi connectivity index (χ1) is 10.4. The van der Waals surface area contributed by atoms with Crippen molar-refractivity contribution in [3.63, 3.8) is 0 Å². The van der Waals surface area contributed by atoms with Crippen LogP contribution in [0.4, 0.5) is 0 Å². The summed E-state index contributed by atoms with van der Waals surface area (Å²) >= 11 is 0. The molecule has 2 bridgehead atoms. The molecule has 0 fully saturated rings. The second kappa shape index (κ2) is 7.19. The Morgan fingerprint density at radius 3 is 1.14 bits per heavy atom. The minimum absolute atomic E-state index is 0. The molecule has 2 aromatic rings. The molecule has 0 nitrogen and oxygen atoms in total. The largest absolute Gasteiger partial charge is 0.210 e. The Morgan fingerprint density at radius 1 is 0.500 bits per heavy atom. The second-order valence-corrected chi connectivity index (χ2v) is 6.99. The minimum Gasteiger partial charge on any atom is -0.210 e. The van der Waals surface area contributed by atoms with E-state index in [9.17, 15) is 0 Å². The van der Waals surface area contributed by atoms with Gasteiger partial charge in [-0.1, -0.05) is 70.6 Å². The third-order valence-electron chi connectivity index (χ3n) is 5.66. The molecule has 0 unspecified atom stereocenters. The van der Waals surface area contributed by atoms with E-state index in [1.54, 1.807) is 33.4 Å². The van der Waals surface area contributed by atoms with E-state index >= 15 is 0 Å². The standard InChI is InChI=1S/C21H26.Fe/c1-2-7-17-14-15-19-9-4-3-8-18-13-12-16(6-1)20(18)10-5-11-21(17)19;/h12-15H,1-11H2;/q-2;. The molecule has 0 radical (unpaired) electrons. The average molecular weight is 334 g/mol. The molecular formula is C21H26Fe-2. The summed E-state index contributed by atoms with van der Waals surface area (Å²) in [6, 6.07) is 9.75. The van der Waals surface area contributed by atoms with Crippen molar-refractivity contribution in [2.24, 2.45) is 0 Å². The Morgan fingerprint density at radius 2 is 0.818 bits per heavy atom. The van der Waals surface area contributed by atoms with Crippen molar-refractivity contribution < 1.29 is 17.1 Å². The molecule has 2 aromatic carbocycles. The first-order valence-corrected chi connectivity index (χ1v) is 8.94. The summed E-state index contributed by atoms with van der Waals surface area (Å²) in [6.45, 7) is 0. The van der Waals surface area contributed by atoms with Gasteiger partial charge in [0.2, 0.25) is 0 Å². The van der Waals surface area contributed by atoms with Gasteiger partial charge in [-0.2, -0.15) is 33.4 Å². The summed E-state index contributed by atoms with van der Waals surface area (Å²) < 4.78 is 0. The van der Waals surface area contributed by atoms with Crippen LogP contribution in [0.5, 0.6) is 0 Å². The molecule has 2 aliphatic rings. The van der Waals surface area contributed by atoms with Crippen molar-refractivity contribution in [2.75, 3.05) is 0 Å². The fourth-order valence-corrected chi connectivity index (χ4v) is 4.50. The van der Waals surface area contributed by atoms with E-state index in [0.29, 0.717) is 0 Å². The van der Waals surface area contributed by atoms with Crippen molar-refractivity contribution in [2.45, 2.75) is 70.6 Å². The SMILES string of the molecule is [Fe].c1cc2[c-]3c1CCCCc1ccc([c-]1CCC3)CCCC2. The molecule has 2 aliphatic carbocycles. The number of hydrogen-bond donors (Lipinski definition) is 0. The van der Waals surface area contributed by atoms with Crippen molar-refractivity contribution >= 4 is 0 Å². The number of fused-ring (bicyclic) bond motifs is 2. The summed E-state index contributed by atoms with van der Waals surface area (Å²) in [4.78, 5) is 0. The predicted molar refractivity (Wildman–Crippen MR) is 89.4 cm³/mol. The molecule has 120 valence electrons. The van der Waals surface area contributed by atoms with Crippen molar-refractivity contribution in [3.05, 3.63) is 57.6 Å². The first-order valence-electron chi connectivity index (χ1n) is 8.94. The molecule has 0 N–H and O–H groups in total. The van der Waals surface area contributed by atoms with Crippen LogP contribution in [0.25, 0.3) is 0 Å². The molecule has 0 aliphatic heterocycles. The normalized spacial score (nSPS) is 18.4. The molecule has 1 heteroatoms. The molecule has 0 spiro atoms. The molecule has 0 atom stereocenters. The maximum atomic E-state index is 2.44. The summed E-state index contributed by atoms with van der Waals surface area (Å²) in [5, 5.41) is 0. The van der Waals surface area contributed by atoms with Crippen LogP contribution in [0.15, 0.2) is 24.3 Å². The third kappa shape index (κ3) is 3.12. The Labute approximate surface area is 145 Å². The van der Waals surface area contributed by atoms with Crippen LogP contribution in [0.2, 0.25) is 0 Å². The molecule has 0 saturated heterocycles. The van der Waals surface area contributed by atoms with Gasteiger partial charge >= 0.3 is 0 Å². The van der Waals surface area contributed by atoms with Crippen molar-refractivity contribution in [3.8, 4) is 0 Å². The summed E-state index contributed by atoms with van der Waals surface area (Å²) in [6.07, 6.45) is 14.6. The Kier molecular flexibility index (Phi) is 5.26. The van der Waals surface area contributed by atoms with E-state index < -0.39 is 0 Å². The van der Waals surface area contributed by atoms with E-state index in [-0.39, 0.29) is 17.1 Å². The van der Waals surface area contributed by atoms with Crippen LogP contribution in [0.3, 0.4) is 0 Å². The summed E-state index contributed by atoms with van der Waals surface area (Å²) in [5.74, 6) is 0. The van der Waals surface area contributed by atoms with Gasteiger partial charge in [0.15, 0.2) is 0 Å². The Balaban J connectivity index is 0.00000144. The van der Waals surface area contributed by atoms with E-state index in [4.69, 9.17) is 0 Å². The number of aryl methyl sites for hydroxylation is 4. The van der Waals surface area contributed by atoms with E-state index in [1.165, 1.54) is 70.6 Å². The van der Waals surface area contributed by atoms with Crippen LogP contribution in [0, 0.1) is 0 Å². The number of hydrogen-bond acceptors (Lipinski definition) is 0. The zero-order valence-electron chi connectivity index (χ0n) is 13.4. The second-order valence-electron chi connectivity index (χ2n) is 6.99. The van der Waals surface area contributed by atoms with Crippen LogP contribution in [-0.2, 0) is 55.6 Å². The van der Waals surface area contributed by atoms with Gasteiger partial charge in [-0.25, -0.2) is 24.3 Å². The zero-order valence-corrected chi connectivity index (χ0v) is 14.5. The van der Waals surface area contributed by atoms with Gasteiger partial charge in [0.25, 0.3) is 0 Å². The van der Waals surface area contributed by atoms with Crippen molar-refractivity contribution in [1.29, 1.82) is 0 Å². The van der Waals surface area contributed by atoms with Gasteiger partial charge in [-0.15, -0.1) is 0 Å². The number of rotatable bonds is 0. The fraction of sp³-hybridized carbons (Fsp3) is 0.524. The average Bonchev–Trinajstić information content (AvgIpc) is 3.03. The summed E-state index contributed by atoms with van der Waals surface area (Å²) in [5.41, 5.74) is 10.1. The minimum atomic E-state index is 0.